The molecule has 0 spiro atoms. The summed E-state index contributed by atoms with van der Waals surface area (Å²) in [6.07, 6.45) is 85.9. The van der Waals surface area contributed by atoms with Gasteiger partial charge in [-0.3, -0.25) is 14.4 Å². The minimum atomic E-state index is -0.789. The van der Waals surface area contributed by atoms with Crippen LogP contribution in [0.5, 0.6) is 0 Å². The van der Waals surface area contributed by atoms with E-state index in [1.807, 2.05) is 0 Å². The number of hydrogen-bond acceptors (Lipinski definition) is 6. The van der Waals surface area contributed by atoms with Gasteiger partial charge in [0.1, 0.15) is 13.2 Å². The quantitative estimate of drug-likeness (QED) is 0.0261. The topological polar surface area (TPSA) is 78.9 Å². The number of carbonyl (C=O) groups is 3. The van der Waals surface area contributed by atoms with Gasteiger partial charge in [0.25, 0.3) is 0 Å². The first-order valence-corrected chi connectivity index (χ1v) is 33.1. The highest BCUT2D eigenvalue weighted by Gasteiger charge is 2.19. The van der Waals surface area contributed by atoms with E-state index >= 15 is 0 Å². The van der Waals surface area contributed by atoms with Crippen molar-refractivity contribution in [1.82, 2.24) is 0 Å². The first kappa shape index (κ1) is 73.6. The number of esters is 3. The van der Waals surface area contributed by atoms with Crippen LogP contribution in [-0.4, -0.2) is 37.2 Å². The van der Waals surface area contributed by atoms with E-state index in [-0.39, 0.29) is 31.1 Å². The molecule has 444 valence electrons. The molecule has 0 saturated heterocycles. The molecule has 0 radical (unpaired) electrons. The lowest BCUT2D eigenvalue weighted by molar-refractivity contribution is -0.167. The minimum absolute atomic E-state index is 0.0849. The summed E-state index contributed by atoms with van der Waals surface area (Å²) in [5.74, 6) is -0.896. The monoisotopic (exact) mass is 1070 g/mol. The molecule has 6 heteroatoms. The zero-order valence-electron chi connectivity index (χ0n) is 51.0. The van der Waals surface area contributed by atoms with Gasteiger partial charge in [0.05, 0.1) is 0 Å². The van der Waals surface area contributed by atoms with Crippen LogP contribution < -0.4 is 0 Å². The number of unbranched alkanes of at least 4 members (excludes halogenated alkanes) is 35. The van der Waals surface area contributed by atoms with E-state index in [9.17, 15) is 14.4 Å². The van der Waals surface area contributed by atoms with Crippen LogP contribution in [-0.2, 0) is 28.6 Å². The van der Waals surface area contributed by atoms with Gasteiger partial charge >= 0.3 is 17.9 Å². The smallest absolute Gasteiger partial charge is 0.306 e. The third-order valence-electron chi connectivity index (χ3n) is 14.3. The summed E-state index contributed by atoms with van der Waals surface area (Å²) >= 11 is 0. The summed E-state index contributed by atoms with van der Waals surface area (Å²) in [5.41, 5.74) is 0. The van der Waals surface area contributed by atoms with Crippen molar-refractivity contribution in [3.05, 3.63) is 85.1 Å². The van der Waals surface area contributed by atoms with Gasteiger partial charge < -0.3 is 14.2 Å². The molecule has 0 aromatic heterocycles. The molecule has 0 heterocycles. The molecule has 0 aromatic carbocycles. The molecule has 0 saturated carbocycles. The van der Waals surface area contributed by atoms with Crippen LogP contribution >= 0.6 is 0 Å². The molecule has 1 unspecified atom stereocenters. The van der Waals surface area contributed by atoms with Crippen molar-refractivity contribution < 1.29 is 28.6 Å². The van der Waals surface area contributed by atoms with Crippen LogP contribution in [0.25, 0.3) is 0 Å². The average Bonchev–Trinajstić information content (AvgIpc) is 3.43. The lowest BCUT2D eigenvalue weighted by atomic mass is 10.0. The fourth-order valence-electron chi connectivity index (χ4n) is 9.34. The van der Waals surface area contributed by atoms with Crippen molar-refractivity contribution in [3.8, 4) is 0 Å². The highest BCUT2D eigenvalue weighted by Crippen LogP contribution is 2.16. The Hall–Kier alpha value is -3.41. The predicted molar refractivity (Wildman–Crippen MR) is 334 cm³/mol. The second-order valence-electron chi connectivity index (χ2n) is 22.0. The Morgan fingerprint density at radius 2 is 0.494 bits per heavy atom. The van der Waals surface area contributed by atoms with Crippen LogP contribution in [0.2, 0.25) is 0 Å². The summed E-state index contributed by atoms with van der Waals surface area (Å²) in [4.78, 5) is 38.3. The Morgan fingerprint density at radius 1 is 0.260 bits per heavy atom. The number of ether oxygens (including phenoxy) is 3. The summed E-state index contributed by atoms with van der Waals surface area (Å²) in [6.45, 7) is 6.57. The van der Waals surface area contributed by atoms with Gasteiger partial charge in [-0.15, -0.1) is 0 Å². The Kier molecular flexibility index (Phi) is 62.2. The average molecular weight is 1070 g/mol. The Labute approximate surface area is 477 Å². The zero-order valence-corrected chi connectivity index (χ0v) is 51.0. The molecular weight excluding hydrogens is 949 g/mol. The van der Waals surface area contributed by atoms with Crippen molar-refractivity contribution in [2.45, 2.75) is 335 Å². The Balaban J connectivity index is 4.34. The van der Waals surface area contributed by atoms with E-state index in [1.54, 1.807) is 0 Å². The molecule has 1 atom stereocenters. The highest BCUT2D eigenvalue weighted by atomic mass is 16.6. The van der Waals surface area contributed by atoms with Crippen LogP contribution in [0.4, 0.5) is 0 Å². The van der Waals surface area contributed by atoms with Gasteiger partial charge in [0, 0.05) is 19.3 Å². The summed E-state index contributed by atoms with van der Waals surface area (Å²) in [5, 5.41) is 0. The van der Waals surface area contributed by atoms with Gasteiger partial charge in [0.15, 0.2) is 6.10 Å². The molecule has 0 aliphatic carbocycles. The van der Waals surface area contributed by atoms with Gasteiger partial charge in [0.2, 0.25) is 0 Å². The largest absolute Gasteiger partial charge is 0.462 e. The van der Waals surface area contributed by atoms with E-state index in [0.717, 1.165) is 116 Å². The molecule has 0 aromatic rings. The number of carbonyl (C=O) groups excluding carboxylic acids is 3. The number of hydrogen-bond donors (Lipinski definition) is 0. The van der Waals surface area contributed by atoms with E-state index in [2.05, 4.69) is 106 Å². The van der Waals surface area contributed by atoms with Crippen molar-refractivity contribution in [2.24, 2.45) is 0 Å². The van der Waals surface area contributed by atoms with Crippen molar-refractivity contribution in [2.75, 3.05) is 13.2 Å². The maximum absolute atomic E-state index is 12.9. The lowest BCUT2D eigenvalue weighted by Crippen LogP contribution is -2.30. The molecule has 0 bridgehead atoms. The second-order valence-corrected chi connectivity index (χ2v) is 22.0. The normalized spacial score (nSPS) is 12.6. The van der Waals surface area contributed by atoms with Crippen LogP contribution in [0.15, 0.2) is 85.1 Å². The van der Waals surface area contributed by atoms with Gasteiger partial charge in [-0.1, -0.05) is 279 Å². The maximum Gasteiger partial charge on any atom is 0.306 e. The minimum Gasteiger partial charge on any atom is -0.462 e. The Morgan fingerprint density at radius 3 is 0.779 bits per heavy atom. The standard InChI is InChI=1S/C71H124O6/c1-4-7-10-13-16-19-22-25-27-29-31-33-35-37-39-41-43-46-49-52-55-58-61-64-70(73)76-67-68(66-75-69(72)63-60-57-54-51-48-45-24-21-18-15-12-9-6-3)77-71(74)65-62-59-56-53-50-47-44-42-40-38-36-34-32-30-28-26-23-20-17-14-11-8-5-2/h12,15,21-26,29-32,35,37,68H,4-11,13-14,16-20,27-28,33-34,36,38-67H2,1-3H3/b15-12-,24-21-,25-22-,26-23-,31-29-,32-30-,37-35-. The number of rotatable bonds is 60. The SMILES string of the molecule is CCC/C=C\C/C=C\CCCCCCCC(=O)OCC(COC(=O)CCCCCCCCCC/C=C\C/C=C\C/C=C\CCCCCCC)OC(=O)CCCCCCCCCCCCC/C=C\C/C=C\CCCCCCC. The summed E-state index contributed by atoms with van der Waals surface area (Å²) in [6, 6.07) is 0. The van der Waals surface area contributed by atoms with E-state index in [4.69, 9.17) is 14.2 Å². The third-order valence-corrected chi connectivity index (χ3v) is 14.3. The van der Waals surface area contributed by atoms with E-state index < -0.39 is 6.10 Å². The van der Waals surface area contributed by atoms with Crippen molar-refractivity contribution in [1.29, 1.82) is 0 Å². The van der Waals surface area contributed by atoms with E-state index in [1.165, 1.54) is 173 Å². The van der Waals surface area contributed by atoms with Crippen LogP contribution in [0.3, 0.4) is 0 Å². The molecule has 0 N–H and O–H groups in total. The zero-order chi connectivity index (χ0) is 55.7. The van der Waals surface area contributed by atoms with Crippen molar-refractivity contribution >= 4 is 17.9 Å². The van der Waals surface area contributed by atoms with E-state index in [0.29, 0.717) is 19.3 Å². The number of allylic oxidation sites excluding steroid dienone is 14. The maximum atomic E-state index is 12.9. The first-order chi connectivity index (χ1) is 38.0. The van der Waals surface area contributed by atoms with Crippen LogP contribution in [0.1, 0.15) is 329 Å². The molecule has 77 heavy (non-hydrogen) atoms. The molecule has 0 aliphatic heterocycles. The first-order valence-electron chi connectivity index (χ1n) is 33.1. The molecule has 0 rings (SSSR count). The molecule has 0 aliphatic rings. The molecule has 6 nitrogen and oxygen atoms in total. The fraction of sp³-hybridized carbons (Fsp3) is 0.761. The van der Waals surface area contributed by atoms with Gasteiger partial charge in [-0.2, -0.15) is 0 Å². The molecule has 0 fully saturated rings. The van der Waals surface area contributed by atoms with Crippen molar-refractivity contribution in [3.63, 3.8) is 0 Å². The van der Waals surface area contributed by atoms with Crippen LogP contribution in [0, 0.1) is 0 Å². The summed E-state index contributed by atoms with van der Waals surface area (Å²) < 4.78 is 16.9. The third kappa shape index (κ3) is 63.3. The van der Waals surface area contributed by atoms with Gasteiger partial charge in [-0.25, -0.2) is 0 Å². The highest BCUT2D eigenvalue weighted by molar-refractivity contribution is 5.71. The predicted octanol–water partition coefficient (Wildman–Crippen LogP) is 22.7. The Bertz CT molecular complexity index is 1470. The van der Waals surface area contributed by atoms with Gasteiger partial charge in [-0.05, 0) is 116 Å². The second kappa shape index (κ2) is 65.1. The lowest BCUT2D eigenvalue weighted by Gasteiger charge is -2.18. The summed E-state index contributed by atoms with van der Waals surface area (Å²) in [7, 11) is 0. The molecular formula is C71H124O6. The fourth-order valence-corrected chi connectivity index (χ4v) is 9.34. The molecule has 0 amide bonds.